The molecule has 1 aromatic heterocycles. The highest BCUT2D eigenvalue weighted by molar-refractivity contribution is 5.92. The normalized spacial score (nSPS) is 12.7. The summed E-state index contributed by atoms with van der Waals surface area (Å²) in [5.74, 6) is 0.581. The first-order valence-corrected chi connectivity index (χ1v) is 5.96. The molecule has 18 heavy (non-hydrogen) atoms. The van der Waals surface area contributed by atoms with Crippen LogP contribution in [-0.2, 0) is 4.74 Å². The number of carbonyl (C=O) groups is 1. The Morgan fingerprint density at radius 2 is 2.33 bits per heavy atom. The molecule has 6 nitrogen and oxygen atoms in total. The lowest BCUT2D eigenvalue weighted by atomic mass is 10.1. The molecule has 0 bridgehead atoms. The van der Waals surface area contributed by atoms with Crippen LogP contribution < -0.4 is 5.32 Å². The zero-order chi connectivity index (χ0) is 13.5. The van der Waals surface area contributed by atoms with Crippen LogP contribution in [0, 0.1) is 0 Å². The molecule has 0 radical (unpaired) electrons. The van der Waals surface area contributed by atoms with Crippen molar-refractivity contribution in [3.63, 3.8) is 0 Å². The quantitative estimate of drug-likeness (QED) is 0.758. The third kappa shape index (κ3) is 4.46. The van der Waals surface area contributed by atoms with E-state index in [2.05, 4.69) is 10.5 Å². The third-order valence-electron chi connectivity index (χ3n) is 2.45. The minimum atomic E-state index is -0.571. The number of nitrogens with zero attached hydrogens (tertiary/aromatic N) is 1. The lowest BCUT2D eigenvalue weighted by Gasteiger charge is -2.09. The number of ether oxygens (including phenoxy) is 1. The first-order valence-electron chi connectivity index (χ1n) is 5.96. The van der Waals surface area contributed by atoms with E-state index < -0.39 is 6.10 Å². The molecule has 1 atom stereocenters. The van der Waals surface area contributed by atoms with Crippen molar-refractivity contribution in [1.29, 1.82) is 0 Å². The molecule has 1 amide bonds. The van der Waals surface area contributed by atoms with Gasteiger partial charge in [-0.2, -0.15) is 0 Å². The van der Waals surface area contributed by atoms with E-state index in [1.165, 1.54) is 7.11 Å². The number of hydrogen-bond acceptors (Lipinski definition) is 5. The molecule has 0 aliphatic carbocycles. The summed E-state index contributed by atoms with van der Waals surface area (Å²) in [4.78, 5) is 11.7. The van der Waals surface area contributed by atoms with Gasteiger partial charge in [0, 0.05) is 25.6 Å². The molecule has 1 heterocycles. The largest absolute Gasteiger partial charge is 0.391 e. The zero-order valence-corrected chi connectivity index (χ0v) is 11.0. The fourth-order valence-corrected chi connectivity index (χ4v) is 1.39. The smallest absolute Gasteiger partial charge is 0.273 e. The van der Waals surface area contributed by atoms with Gasteiger partial charge in [0.05, 0.1) is 12.7 Å². The third-order valence-corrected chi connectivity index (χ3v) is 2.45. The Labute approximate surface area is 106 Å². The molecule has 1 aromatic rings. The molecule has 0 aliphatic heterocycles. The van der Waals surface area contributed by atoms with Crippen LogP contribution in [0.3, 0.4) is 0 Å². The summed E-state index contributed by atoms with van der Waals surface area (Å²) >= 11 is 0. The Kier molecular flexibility index (Phi) is 5.80. The summed E-state index contributed by atoms with van der Waals surface area (Å²) in [6.07, 6.45) is -0.132. The van der Waals surface area contributed by atoms with Crippen LogP contribution >= 0.6 is 0 Å². The molecule has 0 saturated heterocycles. The number of aromatic nitrogens is 1. The van der Waals surface area contributed by atoms with Gasteiger partial charge in [0.2, 0.25) is 0 Å². The predicted molar refractivity (Wildman–Crippen MR) is 65.4 cm³/mol. The van der Waals surface area contributed by atoms with E-state index in [1.807, 2.05) is 13.8 Å². The van der Waals surface area contributed by atoms with Crippen LogP contribution in [0.25, 0.3) is 0 Å². The Morgan fingerprint density at radius 3 is 2.89 bits per heavy atom. The minimum Gasteiger partial charge on any atom is -0.391 e. The van der Waals surface area contributed by atoms with Crippen molar-refractivity contribution in [2.24, 2.45) is 0 Å². The van der Waals surface area contributed by atoms with Gasteiger partial charge >= 0.3 is 0 Å². The van der Waals surface area contributed by atoms with Crippen LogP contribution in [0.1, 0.15) is 42.4 Å². The summed E-state index contributed by atoms with van der Waals surface area (Å²) in [6, 6.07) is 1.63. The lowest BCUT2D eigenvalue weighted by Crippen LogP contribution is -2.28. The first-order chi connectivity index (χ1) is 8.54. The van der Waals surface area contributed by atoms with Gasteiger partial charge in [-0.1, -0.05) is 19.0 Å². The maximum absolute atomic E-state index is 11.7. The van der Waals surface area contributed by atoms with E-state index in [4.69, 9.17) is 9.26 Å². The first kappa shape index (κ1) is 14.7. The molecule has 102 valence electrons. The molecule has 1 rings (SSSR count). The van der Waals surface area contributed by atoms with Gasteiger partial charge in [-0.3, -0.25) is 4.79 Å². The molecular formula is C12H20N2O4. The Hall–Kier alpha value is -1.40. The van der Waals surface area contributed by atoms with E-state index in [0.717, 1.165) is 0 Å². The summed E-state index contributed by atoms with van der Waals surface area (Å²) < 4.78 is 9.82. The number of aliphatic hydroxyl groups is 1. The van der Waals surface area contributed by atoms with Crippen molar-refractivity contribution in [3.05, 3.63) is 17.5 Å². The molecule has 0 spiro atoms. The highest BCUT2D eigenvalue weighted by Crippen LogP contribution is 2.14. The zero-order valence-electron chi connectivity index (χ0n) is 11.0. The topological polar surface area (TPSA) is 84.6 Å². The van der Waals surface area contributed by atoms with E-state index in [9.17, 15) is 9.90 Å². The van der Waals surface area contributed by atoms with Crippen molar-refractivity contribution in [1.82, 2.24) is 10.5 Å². The number of aliphatic hydroxyl groups excluding tert-OH is 1. The second-order valence-corrected chi connectivity index (χ2v) is 4.42. The van der Waals surface area contributed by atoms with Crippen LogP contribution in [0.15, 0.2) is 10.6 Å². The maximum Gasteiger partial charge on any atom is 0.273 e. The lowest BCUT2D eigenvalue weighted by molar-refractivity contribution is 0.0587. The van der Waals surface area contributed by atoms with E-state index >= 15 is 0 Å². The van der Waals surface area contributed by atoms with Crippen molar-refractivity contribution in [2.45, 2.75) is 32.3 Å². The van der Waals surface area contributed by atoms with Crippen molar-refractivity contribution < 1.29 is 19.2 Å². The number of methoxy groups -OCH3 is 1. The molecule has 0 fully saturated rings. The number of nitrogens with one attached hydrogen (secondary N) is 1. The number of carbonyl (C=O) groups excluding carboxylic acids is 1. The highest BCUT2D eigenvalue weighted by Gasteiger charge is 2.14. The SMILES string of the molecule is COCC(O)CCNC(=O)c1cc(C(C)C)on1. The van der Waals surface area contributed by atoms with Crippen molar-refractivity contribution >= 4 is 5.91 Å². The summed E-state index contributed by atoms with van der Waals surface area (Å²) in [6.45, 7) is 4.55. The molecule has 6 heteroatoms. The van der Waals surface area contributed by atoms with Gasteiger partial charge < -0.3 is 19.7 Å². The fourth-order valence-electron chi connectivity index (χ4n) is 1.39. The van der Waals surface area contributed by atoms with Gasteiger partial charge in [0.15, 0.2) is 5.69 Å². The van der Waals surface area contributed by atoms with Gasteiger partial charge in [-0.25, -0.2) is 0 Å². The Bertz CT molecular complexity index is 376. The number of rotatable bonds is 7. The summed E-state index contributed by atoms with van der Waals surface area (Å²) in [5.41, 5.74) is 0.264. The highest BCUT2D eigenvalue weighted by atomic mass is 16.5. The van der Waals surface area contributed by atoms with Crippen LogP contribution in [0.4, 0.5) is 0 Å². The van der Waals surface area contributed by atoms with Crippen molar-refractivity contribution in [2.75, 3.05) is 20.3 Å². The second kappa shape index (κ2) is 7.13. The van der Waals surface area contributed by atoms with E-state index in [0.29, 0.717) is 18.7 Å². The monoisotopic (exact) mass is 256 g/mol. The van der Waals surface area contributed by atoms with E-state index in [-0.39, 0.29) is 24.1 Å². The number of hydrogen-bond donors (Lipinski definition) is 2. The Morgan fingerprint density at radius 1 is 1.61 bits per heavy atom. The van der Waals surface area contributed by atoms with E-state index in [1.54, 1.807) is 6.07 Å². The van der Waals surface area contributed by atoms with Crippen LogP contribution in [0.2, 0.25) is 0 Å². The maximum atomic E-state index is 11.7. The summed E-state index contributed by atoms with van der Waals surface area (Å²) in [5, 5.41) is 15.8. The van der Waals surface area contributed by atoms with Crippen LogP contribution in [0.5, 0.6) is 0 Å². The second-order valence-electron chi connectivity index (χ2n) is 4.42. The van der Waals surface area contributed by atoms with Gasteiger partial charge in [0.1, 0.15) is 5.76 Å². The molecule has 2 N–H and O–H groups in total. The minimum absolute atomic E-state index is 0.197. The van der Waals surface area contributed by atoms with Crippen LogP contribution in [-0.4, -0.2) is 42.5 Å². The van der Waals surface area contributed by atoms with Gasteiger partial charge in [0.25, 0.3) is 5.91 Å². The molecule has 0 saturated carbocycles. The predicted octanol–water partition coefficient (Wildman–Crippen LogP) is 0.925. The average molecular weight is 256 g/mol. The average Bonchev–Trinajstić information content (AvgIpc) is 2.78. The number of amides is 1. The van der Waals surface area contributed by atoms with Crippen molar-refractivity contribution in [3.8, 4) is 0 Å². The molecule has 0 aliphatic rings. The summed E-state index contributed by atoms with van der Waals surface area (Å²) in [7, 11) is 1.52. The van der Waals surface area contributed by atoms with Gasteiger partial charge in [-0.05, 0) is 6.42 Å². The molecule has 0 aromatic carbocycles. The Balaban J connectivity index is 2.36. The molecular weight excluding hydrogens is 236 g/mol. The molecule has 1 unspecified atom stereocenters. The standard InChI is InChI=1S/C12H20N2O4/c1-8(2)11-6-10(14-18-11)12(16)13-5-4-9(15)7-17-3/h6,8-9,15H,4-5,7H2,1-3H3,(H,13,16). The van der Waals surface area contributed by atoms with Gasteiger partial charge in [-0.15, -0.1) is 0 Å². The fraction of sp³-hybridized carbons (Fsp3) is 0.667.